The summed E-state index contributed by atoms with van der Waals surface area (Å²) < 4.78 is 50.5. The summed E-state index contributed by atoms with van der Waals surface area (Å²) in [6.45, 7) is 2.36. The van der Waals surface area contributed by atoms with Crippen molar-refractivity contribution in [2.24, 2.45) is 0 Å². The molecule has 0 N–H and O–H groups in total. The van der Waals surface area contributed by atoms with E-state index in [4.69, 9.17) is 18.9 Å². The van der Waals surface area contributed by atoms with E-state index in [1.54, 1.807) is 73.3 Å². The Morgan fingerprint density at radius 1 is 0.742 bits per heavy atom. The molecule has 31 heavy (non-hydrogen) atoms. The molecule has 172 valence electrons. The number of hydrogen-bond donors (Lipinski definition) is 0. The van der Waals surface area contributed by atoms with Gasteiger partial charge in [0.2, 0.25) is 0 Å². The lowest BCUT2D eigenvalue weighted by molar-refractivity contribution is 0.347. The van der Waals surface area contributed by atoms with E-state index in [1.807, 2.05) is 6.92 Å². The van der Waals surface area contributed by atoms with E-state index in [2.05, 4.69) is 0 Å². The van der Waals surface area contributed by atoms with Crippen LogP contribution in [0.25, 0.3) is 0 Å². The number of ether oxygens (including phenoxy) is 4. The van der Waals surface area contributed by atoms with Gasteiger partial charge in [-0.05, 0) is 31.2 Å². The summed E-state index contributed by atoms with van der Waals surface area (Å²) in [6, 6.07) is 10.2. The Kier molecular flexibility index (Phi) is 9.30. The van der Waals surface area contributed by atoms with Gasteiger partial charge in [0.15, 0.2) is 23.0 Å². The number of hydrogen-bond acceptors (Lipinski definition) is 6. The van der Waals surface area contributed by atoms with Crippen molar-refractivity contribution >= 4 is 22.0 Å². The van der Waals surface area contributed by atoms with Crippen molar-refractivity contribution in [3.8, 4) is 23.0 Å². The largest absolute Gasteiger partial charge is 0.493 e. The molecule has 0 radical (unpaired) electrons. The minimum atomic E-state index is -1.43. The first kappa shape index (κ1) is 25.1. The fourth-order valence-corrected chi connectivity index (χ4v) is 5.14. The number of likely N-dealkylation sites (N-methyl/N-ethyl adjacent to an activating group) is 2. The number of methoxy groups -OCH3 is 4. The second-order valence-electron chi connectivity index (χ2n) is 6.74. The van der Waals surface area contributed by atoms with E-state index in [1.165, 1.54) is 14.2 Å². The van der Waals surface area contributed by atoms with Crippen LogP contribution in [-0.4, -0.2) is 72.1 Å². The summed E-state index contributed by atoms with van der Waals surface area (Å²) in [7, 11) is 6.86. The third-order valence-electron chi connectivity index (χ3n) is 4.80. The summed E-state index contributed by atoms with van der Waals surface area (Å²) >= 11 is 0. The average Bonchev–Trinajstić information content (AvgIpc) is 2.81. The van der Waals surface area contributed by atoms with E-state index in [9.17, 15) is 8.42 Å². The van der Waals surface area contributed by atoms with Crippen LogP contribution in [0.3, 0.4) is 0 Å². The molecule has 3 atom stereocenters. The topological polar surface area (TPSA) is 77.5 Å². The van der Waals surface area contributed by atoms with Crippen LogP contribution < -0.4 is 18.9 Å². The van der Waals surface area contributed by atoms with Gasteiger partial charge in [0.1, 0.15) is 22.0 Å². The zero-order chi connectivity index (χ0) is 23.1. The number of benzene rings is 2. The first-order valence-electron chi connectivity index (χ1n) is 9.49. The van der Waals surface area contributed by atoms with Crippen LogP contribution in [0.5, 0.6) is 23.0 Å². The van der Waals surface area contributed by atoms with E-state index in [0.29, 0.717) is 39.3 Å². The molecule has 10 heteroatoms. The quantitative estimate of drug-likeness (QED) is 0.503. The van der Waals surface area contributed by atoms with Crippen molar-refractivity contribution in [2.75, 3.05) is 49.1 Å². The van der Waals surface area contributed by atoms with Crippen LogP contribution in [0.15, 0.2) is 46.2 Å². The van der Waals surface area contributed by atoms with Gasteiger partial charge in [-0.1, -0.05) is 0 Å². The summed E-state index contributed by atoms with van der Waals surface area (Å²) in [5.41, 5.74) is 0. The summed E-state index contributed by atoms with van der Waals surface area (Å²) in [6.07, 6.45) is 0. The molecular formula is C21H30N2O6S2. The maximum atomic E-state index is 13.0. The third-order valence-corrected chi connectivity index (χ3v) is 7.71. The van der Waals surface area contributed by atoms with Gasteiger partial charge in [-0.15, -0.1) is 0 Å². The van der Waals surface area contributed by atoms with Gasteiger partial charge in [-0.2, -0.15) is 0 Å². The van der Waals surface area contributed by atoms with Crippen LogP contribution in [-0.2, 0) is 22.0 Å². The highest BCUT2D eigenvalue weighted by atomic mass is 32.2. The SMILES string of the molecule is COc1ccc(S(=O)N(C)CC(C)N(C)S(=O)c2ccc(OC)c(OC)c2)cc1OC. The Labute approximate surface area is 189 Å². The van der Waals surface area contributed by atoms with Crippen LogP contribution >= 0.6 is 0 Å². The fourth-order valence-electron chi connectivity index (χ4n) is 2.91. The molecule has 0 heterocycles. The second kappa shape index (κ2) is 11.5. The Morgan fingerprint density at radius 2 is 1.16 bits per heavy atom. The highest BCUT2D eigenvalue weighted by Crippen LogP contribution is 2.30. The zero-order valence-electron chi connectivity index (χ0n) is 18.9. The van der Waals surface area contributed by atoms with Crippen LogP contribution in [0.4, 0.5) is 0 Å². The van der Waals surface area contributed by atoms with Gasteiger partial charge >= 0.3 is 0 Å². The van der Waals surface area contributed by atoms with Crippen LogP contribution in [0.2, 0.25) is 0 Å². The van der Waals surface area contributed by atoms with Crippen LogP contribution in [0, 0.1) is 0 Å². The average molecular weight is 471 g/mol. The predicted molar refractivity (Wildman–Crippen MR) is 122 cm³/mol. The molecule has 0 aliphatic heterocycles. The Balaban J connectivity index is 2.10. The Hall–Kier alpha value is -2.14. The number of nitrogens with zero attached hydrogens (tertiary/aromatic N) is 2. The smallest absolute Gasteiger partial charge is 0.161 e. The Bertz CT molecular complexity index is 940. The standard InChI is InChI=1S/C21H30N2O6S2/c1-15(23(3)31(25)17-9-11-19(27-5)21(13-17)29-7)14-22(2)30(24)16-8-10-18(26-4)20(12-16)28-6/h8-13,15H,14H2,1-7H3. The van der Waals surface area contributed by atoms with Crippen molar-refractivity contribution < 1.29 is 27.4 Å². The molecule has 0 saturated heterocycles. The molecule has 0 bridgehead atoms. The van der Waals surface area contributed by atoms with Gasteiger partial charge in [-0.25, -0.2) is 17.0 Å². The first-order chi connectivity index (χ1) is 14.8. The highest BCUT2D eigenvalue weighted by molar-refractivity contribution is 7.83. The molecule has 0 amide bonds. The van der Waals surface area contributed by atoms with Crippen molar-refractivity contribution in [1.29, 1.82) is 0 Å². The van der Waals surface area contributed by atoms with Gasteiger partial charge in [0.05, 0.1) is 38.2 Å². The summed E-state index contributed by atoms with van der Waals surface area (Å²) in [5.74, 6) is 2.18. The zero-order valence-corrected chi connectivity index (χ0v) is 20.5. The molecule has 0 spiro atoms. The lowest BCUT2D eigenvalue weighted by Crippen LogP contribution is -2.40. The third kappa shape index (κ3) is 5.97. The molecule has 0 aromatic heterocycles. The molecular weight excluding hydrogens is 440 g/mol. The van der Waals surface area contributed by atoms with Gasteiger partial charge in [-0.3, -0.25) is 0 Å². The maximum Gasteiger partial charge on any atom is 0.161 e. The molecule has 0 aliphatic rings. The van der Waals surface area contributed by atoms with E-state index >= 15 is 0 Å². The lowest BCUT2D eigenvalue weighted by Gasteiger charge is -2.27. The molecule has 0 aliphatic carbocycles. The monoisotopic (exact) mass is 470 g/mol. The second-order valence-corrected chi connectivity index (χ2v) is 9.88. The Morgan fingerprint density at radius 3 is 1.58 bits per heavy atom. The van der Waals surface area contributed by atoms with Gasteiger partial charge < -0.3 is 18.9 Å². The van der Waals surface area contributed by atoms with Gasteiger partial charge in [0, 0.05) is 38.8 Å². The molecule has 2 aromatic rings. The summed E-state index contributed by atoms with van der Waals surface area (Å²) in [4.78, 5) is 1.19. The predicted octanol–water partition coefficient (Wildman–Crippen LogP) is 2.72. The maximum absolute atomic E-state index is 13.0. The van der Waals surface area contributed by atoms with Crippen molar-refractivity contribution in [3.05, 3.63) is 36.4 Å². The van der Waals surface area contributed by atoms with Crippen molar-refractivity contribution in [1.82, 2.24) is 8.61 Å². The minimum absolute atomic E-state index is 0.150. The van der Waals surface area contributed by atoms with Gasteiger partial charge in [0.25, 0.3) is 0 Å². The first-order valence-corrected chi connectivity index (χ1v) is 11.7. The van der Waals surface area contributed by atoms with E-state index in [-0.39, 0.29) is 6.04 Å². The lowest BCUT2D eigenvalue weighted by atomic mass is 10.3. The normalized spacial score (nSPS) is 14.2. The summed E-state index contributed by atoms with van der Waals surface area (Å²) in [5, 5.41) is 0. The molecule has 0 saturated carbocycles. The minimum Gasteiger partial charge on any atom is -0.493 e. The van der Waals surface area contributed by atoms with Crippen molar-refractivity contribution in [2.45, 2.75) is 22.8 Å². The molecule has 2 aromatic carbocycles. The fraction of sp³-hybridized carbons (Fsp3) is 0.429. The van der Waals surface area contributed by atoms with Crippen LogP contribution in [0.1, 0.15) is 6.92 Å². The molecule has 3 unspecified atom stereocenters. The highest BCUT2D eigenvalue weighted by Gasteiger charge is 2.23. The van der Waals surface area contributed by atoms with E-state index < -0.39 is 22.0 Å². The van der Waals surface area contributed by atoms with Crippen molar-refractivity contribution in [3.63, 3.8) is 0 Å². The molecule has 0 fully saturated rings. The number of rotatable bonds is 11. The van der Waals surface area contributed by atoms with E-state index in [0.717, 1.165) is 0 Å². The molecule has 8 nitrogen and oxygen atoms in total. The molecule has 2 rings (SSSR count).